The number of carbonyl (C=O) groups excluding carboxylic acids is 1. The number of piperazine rings is 1. The fourth-order valence-corrected chi connectivity index (χ4v) is 2.63. The lowest BCUT2D eigenvalue weighted by Crippen LogP contribution is -2.47. The third-order valence-corrected chi connectivity index (χ3v) is 4.29. The van der Waals surface area contributed by atoms with Crippen molar-refractivity contribution < 1.29 is 14.3 Å². The molecule has 0 atom stereocenters. The third-order valence-electron chi connectivity index (χ3n) is 4.29. The molecule has 1 saturated heterocycles. The smallest absolute Gasteiger partial charge is 0.122 e. The van der Waals surface area contributed by atoms with Gasteiger partial charge in [0.25, 0.3) is 0 Å². The zero-order valence-electron chi connectivity index (χ0n) is 15.7. The molecule has 1 heterocycles. The van der Waals surface area contributed by atoms with E-state index in [0.717, 1.165) is 29.4 Å². The maximum atomic E-state index is 10.3. The minimum absolute atomic E-state index is 0.503. The van der Waals surface area contributed by atoms with Crippen LogP contribution >= 0.6 is 0 Å². The Labute approximate surface area is 146 Å². The number of ether oxygens (including phenoxy) is 2. The molecule has 1 aliphatic heterocycles. The lowest BCUT2D eigenvalue weighted by Gasteiger charge is -2.34. The van der Waals surface area contributed by atoms with Gasteiger partial charge < -0.3 is 19.2 Å². The minimum Gasteiger partial charge on any atom is -0.497 e. The van der Waals surface area contributed by atoms with Crippen LogP contribution in [0.1, 0.15) is 25.8 Å². The zero-order valence-corrected chi connectivity index (χ0v) is 15.7. The molecule has 0 bridgehead atoms. The Morgan fingerprint density at radius 2 is 1.79 bits per heavy atom. The van der Waals surface area contributed by atoms with Gasteiger partial charge >= 0.3 is 0 Å². The summed E-state index contributed by atoms with van der Waals surface area (Å²) in [5.74, 6) is 1.58. The van der Waals surface area contributed by atoms with Gasteiger partial charge in [-0.15, -0.1) is 0 Å². The predicted octanol–water partition coefficient (Wildman–Crippen LogP) is 2.48. The molecule has 0 amide bonds. The molecule has 1 aromatic carbocycles. The first-order valence-electron chi connectivity index (χ1n) is 8.59. The van der Waals surface area contributed by atoms with E-state index >= 15 is 0 Å². The number of hydrogen-bond acceptors (Lipinski definition) is 5. The van der Waals surface area contributed by atoms with Crippen molar-refractivity contribution in [2.45, 2.75) is 32.7 Å². The largest absolute Gasteiger partial charge is 0.497 e. The SMILES string of the molecule is CC(C)N1CCN(C)CC1.COc1ccc(OC)c(CCC=O)c1. The summed E-state index contributed by atoms with van der Waals surface area (Å²) in [6.07, 6.45) is 2.09. The van der Waals surface area contributed by atoms with Gasteiger partial charge in [0.1, 0.15) is 17.8 Å². The van der Waals surface area contributed by atoms with E-state index in [1.165, 1.54) is 26.2 Å². The average Bonchev–Trinajstić information content (AvgIpc) is 2.60. The Morgan fingerprint density at radius 1 is 1.12 bits per heavy atom. The summed E-state index contributed by atoms with van der Waals surface area (Å²) < 4.78 is 10.3. The van der Waals surface area contributed by atoms with Crippen LogP contribution in [0.5, 0.6) is 11.5 Å². The van der Waals surface area contributed by atoms with Gasteiger partial charge in [0.2, 0.25) is 0 Å². The standard InChI is InChI=1S/C11H14O3.C8H18N2/c1-13-10-5-6-11(14-2)9(8-10)4-3-7-12;1-8(2)10-6-4-9(3)5-7-10/h5-8H,3-4H2,1-2H3;8H,4-7H2,1-3H3. The highest BCUT2D eigenvalue weighted by Crippen LogP contribution is 2.24. The van der Waals surface area contributed by atoms with E-state index in [0.29, 0.717) is 12.8 Å². The van der Waals surface area contributed by atoms with Crippen molar-refractivity contribution in [3.8, 4) is 11.5 Å². The quantitative estimate of drug-likeness (QED) is 0.747. The van der Waals surface area contributed by atoms with Crippen LogP contribution < -0.4 is 9.47 Å². The van der Waals surface area contributed by atoms with Crippen molar-refractivity contribution >= 4 is 6.29 Å². The highest BCUT2D eigenvalue weighted by Gasteiger charge is 2.15. The van der Waals surface area contributed by atoms with E-state index in [-0.39, 0.29) is 0 Å². The molecule has 0 radical (unpaired) electrons. The van der Waals surface area contributed by atoms with Crippen molar-refractivity contribution in [2.75, 3.05) is 47.4 Å². The van der Waals surface area contributed by atoms with Crippen LogP contribution in [0, 0.1) is 0 Å². The van der Waals surface area contributed by atoms with Gasteiger partial charge in [0, 0.05) is 38.6 Å². The third kappa shape index (κ3) is 6.89. The molecule has 1 fully saturated rings. The van der Waals surface area contributed by atoms with Gasteiger partial charge in [-0.25, -0.2) is 0 Å². The van der Waals surface area contributed by atoms with Crippen LogP contribution in [0.2, 0.25) is 0 Å². The number of hydrogen-bond donors (Lipinski definition) is 0. The molecule has 136 valence electrons. The molecular weight excluding hydrogens is 304 g/mol. The summed E-state index contributed by atoms with van der Waals surface area (Å²) >= 11 is 0. The molecule has 5 nitrogen and oxygen atoms in total. The normalized spacial score (nSPS) is 15.6. The molecule has 2 rings (SSSR count). The van der Waals surface area contributed by atoms with E-state index in [9.17, 15) is 4.79 Å². The van der Waals surface area contributed by atoms with Gasteiger partial charge in [-0.3, -0.25) is 4.90 Å². The summed E-state index contributed by atoms with van der Waals surface area (Å²) in [5.41, 5.74) is 0.999. The summed E-state index contributed by atoms with van der Waals surface area (Å²) in [7, 11) is 5.43. The highest BCUT2D eigenvalue weighted by atomic mass is 16.5. The van der Waals surface area contributed by atoms with Crippen LogP contribution in [0.25, 0.3) is 0 Å². The second-order valence-corrected chi connectivity index (χ2v) is 6.32. The number of aldehydes is 1. The number of methoxy groups -OCH3 is 2. The molecule has 0 N–H and O–H groups in total. The second-order valence-electron chi connectivity index (χ2n) is 6.32. The highest BCUT2D eigenvalue weighted by molar-refractivity contribution is 5.51. The summed E-state index contributed by atoms with van der Waals surface area (Å²) in [6.45, 7) is 9.50. The number of carbonyl (C=O) groups is 1. The fourth-order valence-electron chi connectivity index (χ4n) is 2.63. The van der Waals surface area contributed by atoms with E-state index in [2.05, 4.69) is 30.7 Å². The maximum absolute atomic E-state index is 10.3. The molecule has 1 aliphatic rings. The van der Waals surface area contributed by atoms with Crippen molar-refractivity contribution in [2.24, 2.45) is 0 Å². The van der Waals surface area contributed by atoms with E-state index in [1.54, 1.807) is 14.2 Å². The number of likely N-dealkylation sites (N-methyl/N-ethyl adjacent to an activating group) is 1. The molecule has 0 saturated carbocycles. The molecule has 0 aromatic heterocycles. The first-order chi connectivity index (χ1) is 11.5. The van der Waals surface area contributed by atoms with Crippen LogP contribution in [0.3, 0.4) is 0 Å². The van der Waals surface area contributed by atoms with Crippen molar-refractivity contribution in [3.63, 3.8) is 0 Å². The number of nitrogens with zero attached hydrogens (tertiary/aromatic N) is 2. The number of aryl methyl sites for hydroxylation is 1. The average molecular weight is 336 g/mol. The Balaban J connectivity index is 0.000000254. The van der Waals surface area contributed by atoms with Gasteiger partial charge in [-0.2, -0.15) is 0 Å². The second kappa shape index (κ2) is 11.0. The number of rotatable bonds is 6. The maximum Gasteiger partial charge on any atom is 0.122 e. The summed E-state index contributed by atoms with van der Waals surface area (Å²) in [4.78, 5) is 15.2. The van der Waals surface area contributed by atoms with Gasteiger partial charge in [0.05, 0.1) is 14.2 Å². The fraction of sp³-hybridized carbons (Fsp3) is 0.632. The molecule has 0 spiro atoms. The minimum atomic E-state index is 0.503. The lowest BCUT2D eigenvalue weighted by molar-refractivity contribution is -0.107. The first-order valence-corrected chi connectivity index (χ1v) is 8.59. The molecule has 24 heavy (non-hydrogen) atoms. The Bertz CT molecular complexity index is 484. The van der Waals surface area contributed by atoms with E-state index < -0.39 is 0 Å². The lowest BCUT2D eigenvalue weighted by atomic mass is 10.1. The Hall–Kier alpha value is -1.59. The van der Waals surface area contributed by atoms with Crippen LogP contribution in [0.4, 0.5) is 0 Å². The Morgan fingerprint density at radius 3 is 2.29 bits per heavy atom. The summed E-state index contributed by atoms with van der Waals surface area (Å²) in [6, 6.07) is 6.30. The molecule has 5 heteroatoms. The van der Waals surface area contributed by atoms with E-state index in [4.69, 9.17) is 9.47 Å². The van der Waals surface area contributed by atoms with Crippen molar-refractivity contribution in [1.82, 2.24) is 9.80 Å². The molecule has 1 aromatic rings. The van der Waals surface area contributed by atoms with Gasteiger partial charge in [0.15, 0.2) is 0 Å². The molecule has 0 aliphatic carbocycles. The topological polar surface area (TPSA) is 42.0 Å². The van der Waals surface area contributed by atoms with Crippen LogP contribution in [0.15, 0.2) is 18.2 Å². The molecular formula is C19H32N2O3. The number of benzene rings is 1. The zero-order chi connectivity index (χ0) is 17.9. The van der Waals surface area contributed by atoms with Crippen LogP contribution in [-0.2, 0) is 11.2 Å². The predicted molar refractivity (Wildman–Crippen MR) is 98.1 cm³/mol. The van der Waals surface area contributed by atoms with Crippen LogP contribution in [-0.4, -0.2) is 69.6 Å². The van der Waals surface area contributed by atoms with Gasteiger partial charge in [-0.05, 0) is 51.1 Å². The Kier molecular flexibility index (Phi) is 9.42. The summed E-state index contributed by atoms with van der Waals surface area (Å²) in [5, 5.41) is 0. The van der Waals surface area contributed by atoms with E-state index in [1.807, 2.05) is 18.2 Å². The molecule has 0 unspecified atom stereocenters. The monoisotopic (exact) mass is 336 g/mol. The first kappa shape index (κ1) is 20.5. The van der Waals surface area contributed by atoms with Gasteiger partial charge in [-0.1, -0.05) is 0 Å². The van der Waals surface area contributed by atoms with Crippen molar-refractivity contribution in [3.05, 3.63) is 23.8 Å². The van der Waals surface area contributed by atoms with Crippen molar-refractivity contribution in [1.29, 1.82) is 0 Å².